The number of imidazole rings is 1. The smallest absolute Gasteiger partial charge is 0.348 e. The van der Waals surface area contributed by atoms with Crippen LogP contribution in [0.25, 0.3) is 10.4 Å². The Balaban J connectivity index is 1.78. The second-order valence-electron chi connectivity index (χ2n) is 6.08. The van der Waals surface area contributed by atoms with Gasteiger partial charge in [0.15, 0.2) is 0 Å². The Morgan fingerprint density at radius 3 is 2.78 bits per heavy atom. The first-order chi connectivity index (χ1) is 13.0. The van der Waals surface area contributed by atoms with E-state index in [4.69, 9.17) is 4.74 Å². The molecule has 0 fully saturated rings. The van der Waals surface area contributed by atoms with Crippen molar-refractivity contribution in [3.05, 3.63) is 65.1 Å². The Bertz CT molecular complexity index is 961. The molecule has 27 heavy (non-hydrogen) atoms. The van der Waals surface area contributed by atoms with Gasteiger partial charge in [-0.15, -0.1) is 11.3 Å². The number of carbonyl (C=O) groups excluding carboxylic acids is 2. The number of hydrogen-bond donors (Lipinski definition) is 0. The maximum absolute atomic E-state index is 12.8. The number of nitrogens with zero attached hydrogens (tertiary/aromatic N) is 3. The fourth-order valence-corrected chi connectivity index (χ4v) is 3.56. The van der Waals surface area contributed by atoms with Crippen LogP contribution in [-0.2, 0) is 18.3 Å². The van der Waals surface area contributed by atoms with Crippen molar-refractivity contribution in [1.29, 1.82) is 0 Å². The van der Waals surface area contributed by atoms with Crippen LogP contribution >= 0.6 is 11.3 Å². The van der Waals surface area contributed by atoms with Crippen molar-refractivity contribution in [2.75, 3.05) is 13.7 Å². The van der Waals surface area contributed by atoms with E-state index in [2.05, 4.69) is 4.98 Å². The number of benzene rings is 1. The molecule has 0 N–H and O–H groups in total. The molecular formula is C20H21N3O3S. The SMILES string of the molecule is CCOC(=O)c1ccc(-c2cccc(C(=O)N(C)Cc3nccn3C)c2)s1. The molecule has 0 saturated heterocycles. The van der Waals surface area contributed by atoms with E-state index >= 15 is 0 Å². The van der Waals surface area contributed by atoms with Crippen molar-refractivity contribution in [2.45, 2.75) is 13.5 Å². The van der Waals surface area contributed by atoms with Crippen LogP contribution in [0.3, 0.4) is 0 Å². The molecule has 2 heterocycles. The summed E-state index contributed by atoms with van der Waals surface area (Å²) < 4.78 is 6.92. The van der Waals surface area contributed by atoms with Gasteiger partial charge in [0, 0.05) is 36.9 Å². The first kappa shape index (κ1) is 18.8. The normalized spacial score (nSPS) is 10.6. The number of hydrogen-bond acceptors (Lipinski definition) is 5. The van der Waals surface area contributed by atoms with E-state index < -0.39 is 0 Å². The summed E-state index contributed by atoms with van der Waals surface area (Å²) in [5, 5.41) is 0. The van der Waals surface area contributed by atoms with Gasteiger partial charge in [0.25, 0.3) is 5.91 Å². The van der Waals surface area contributed by atoms with Gasteiger partial charge in [-0.2, -0.15) is 0 Å². The molecule has 0 spiro atoms. The number of rotatable bonds is 6. The van der Waals surface area contributed by atoms with Gasteiger partial charge in [0.1, 0.15) is 10.7 Å². The average Bonchev–Trinajstić information content (AvgIpc) is 3.31. The van der Waals surface area contributed by atoms with Gasteiger partial charge in [-0.1, -0.05) is 12.1 Å². The minimum Gasteiger partial charge on any atom is -0.462 e. The molecule has 3 rings (SSSR count). The Kier molecular flexibility index (Phi) is 5.71. The van der Waals surface area contributed by atoms with Crippen LogP contribution in [-0.4, -0.2) is 40.0 Å². The molecular weight excluding hydrogens is 362 g/mol. The zero-order valence-electron chi connectivity index (χ0n) is 15.5. The molecule has 0 aliphatic carbocycles. The van der Waals surface area contributed by atoms with Crippen LogP contribution in [0.4, 0.5) is 0 Å². The summed E-state index contributed by atoms with van der Waals surface area (Å²) in [7, 11) is 3.66. The zero-order valence-corrected chi connectivity index (χ0v) is 16.3. The van der Waals surface area contributed by atoms with Crippen molar-refractivity contribution in [1.82, 2.24) is 14.5 Å². The Morgan fingerprint density at radius 1 is 1.26 bits per heavy atom. The van der Waals surface area contributed by atoms with Gasteiger partial charge in [-0.3, -0.25) is 4.79 Å². The van der Waals surface area contributed by atoms with E-state index in [0.29, 0.717) is 23.6 Å². The summed E-state index contributed by atoms with van der Waals surface area (Å²) in [6.45, 7) is 2.56. The molecule has 140 valence electrons. The second kappa shape index (κ2) is 8.18. The Morgan fingerprint density at radius 2 is 2.07 bits per heavy atom. The lowest BCUT2D eigenvalue weighted by Crippen LogP contribution is -2.27. The van der Waals surface area contributed by atoms with Crippen molar-refractivity contribution in [3.63, 3.8) is 0 Å². The lowest BCUT2D eigenvalue weighted by Gasteiger charge is -2.17. The molecule has 3 aromatic rings. The van der Waals surface area contributed by atoms with E-state index in [9.17, 15) is 9.59 Å². The van der Waals surface area contributed by atoms with Crippen LogP contribution < -0.4 is 0 Å². The topological polar surface area (TPSA) is 64.4 Å². The van der Waals surface area contributed by atoms with Crippen molar-refractivity contribution < 1.29 is 14.3 Å². The monoisotopic (exact) mass is 383 g/mol. The molecule has 0 atom stereocenters. The minimum absolute atomic E-state index is 0.0815. The Hall–Kier alpha value is -2.93. The molecule has 2 aromatic heterocycles. The van der Waals surface area contributed by atoms with Gasteiger partial charge in [-0.25, -0.2) is 9.78 Å². The molecule has 0 saturated carbocycles. The number of ether oxygens (including phenoxy) is 1. The molecule has 0 radical (unpaired) electrons. The van der Waals surface area contributed by atoms with Gasteiger partial charge in [-0.05, 0) is 36.8 Å². The molecule has 6 nitrogen and oxygen atoms in total. The summed E-state index contributed by atoms with van der Waals surface area (Å²) >= 11 is 1.36. The lowest BCUT2D eigenvalue weighted by atomic mass is 10.1. The summed E-state index contributed by atoms with van der Waals surface area (Å²) in [6.07, 6.45) is 3.57. The highest BCUT2D eigenvalue weighted by Gasteiger charge is 2.16. The fourth-order valence-electron chi connectivity index (χ4n) is 2.66. The summed E-state index contributed by atoms with van der Waals surface area (Å²) in [5.41, 5.74) is 1.49. The number of esters is 1. The third-order valence-electron chi connectivity index (χ3n) is 4.12. The van der Waals surface area contributed by atoms with Crippen LogP contribution in [0.1, 0.15) is 32.8 Å². The van der Waals surface area contributed by atoms with Crippen LogP contribution in [0.15, 0.2) is 48.8 Å². The molecule has 0 aliphatic heterocycles. The van der Waals surface area contributed by atoms with Gasteiger partial charge >= 0.3 is 5.97 Å². The van der Waals surface area contributed by atoms with Gasteiger partial charge in [0.2, 0.25) is 0 Å². The predicted molar refractivity (Wildman–Crippen MR) is 105 cm³/mol. The first-order valence-corrected chi connectivity index (χ1v) is 9.40. The standard InChI is InChI=1S/C20H21N3O3S/c1-4-26-20(25)17-9-8-16(27-17)14-6-5-7-15(12-14)19(24)23(3)13-18-21-10-11-22(18)2/h5-12H,4,13H2,1-3H3. The van der Waals surface area contributed by atoms with Crippen molar-refractivity contribution in [2.24, 2.45) is 7.05 Å². The molecule has 0 unspecified atom stereocenters. The van der Waals surface area contributed by atoms with Gasteiger partial charge in [0.05, 0.1) is 13.2 Å². The lowest BCUT2D eigenvalue weighted by molar-refractivity contribution is 0.0532. The second-order valence-corrected chi connectivity index (χ2v) is 7.16. The maximum atomic E-state index is 12.8. The highest BCUT2D eigenvalue weighted by Crippen LogP contribution is 2.29. The largest absolute Gasteiger partial charge is 0.462 e. The van der Waals surface area contributed by atoms with E-state index in [1.807, 2.05) is 42.1 Å². The zero-order chi connectivity index (χ0) is 19.4. The van der Waals surface area contributed by atoms with Gasteiger partial charge < -0.3 is 14.2 Å². The fraction of sp³-hybridized carbons (Fsp3) is 0.250. The number of thiophene rings is 1. The quantitative estimate of drug-likeness (QED) is 0.610. The average molecular weight is 383 g/mol. The van der Waals surface area contributed by atoms with E-state index in [-0.39, 0.29) is 11.9 Å². The van der Waals surface area contributed by atoms with Crippen LogP contribution in [0, 0.1) is 0 Å². The summed E-state index contributed by atoms with van der Waals surface area (Å²) in [6, 6.07) is 11.0. The summed E-state index contributed by atoms with van der Waals surface area (Å²) in [4.78, 5) is 32.0. The van der Waals surface area contributed by atoms with Crippen LogP contribution in [0.2, 0.25) is 0 Å². The van der Waals surface area contributed by atoms with Crippen molar-refractivity contribution >= 4 is 23.2 Å². The van der Waals surface area contributed by atoms with Crippen molar-refractivity contribution in [3.8, 4) is 10.4 Å². The summed E-state index contributed by atoms with van der Waals surface area (Å²) in [5.74, 6) is 0.414. The molecule has 1 aromatic carbocycles. The minimum atomic E-state index is -0.323. The highest BCUT2D eigenvalue weighted by molar-refractivity contribution is 7.17. The third kappa shape index (κ3) is 4.25. The molecule has 0 aliphatic rings. The third-order valence-corrected chi connectivity index (χ3v) is 5.24. The van der Waals surface area contributed by atoms with E-state index in [1.165, 1.54) is 11.3 Å². The molecule has 1 amide bonds. The highest BCUT2D eigenvalue weighted by atomic mass is 32.1. The van der Waals surface area contributed by atoms with E-state index in [0.717, 1.165) is 16.3 Å². The van der Waals surface area contributed by atoms with Crippen LogP contribution in [0.5, 0.6) is 0 Å². The number of aryl methyl sites for hydroxylation is 1. The maximum Gasteiger partial charge on any atom is 0.348 e. The number of aromatic nitrogens is 2. The molecule has 0 bridgehead atoms. The predicted octanol–water partition coefficient (Wildman–Crippen LogP) is 3.60. The first-order valence-electron chi connectivity index (χ1n) is 8.58. The Labute approximate surface area is 162 Å². The van der Waals surface area contributed by atoms with E-state index in [1.54, 1.807) is 37.2 Å². The molecule has 7 heteroatoms. The number of carbonyl (C=O) groups is 2. The number of amides is 1.